The first kappa shape index (κ1) is 12.8. The Balaban J connectivity index is 1.99. The summed E-state index contributed by atoms with van der Waals surface area (Å²) in [6, 6.07) is 7.32. The Morgan fingerprint density at radius 2 is 2.30 bits per heavy atom. The van der Waals surface area contributed by atoms with Gasteiger partial charge in [0.05, 0.1) is 4.92 Å². The van der Waals surface area contributed by atoms with Crippen molar-refractivity contribution in [2.75, 3.05) is 18.4 Å². The van der Waals surface area contributed by atoms with Gasteiger partial charge in [0.25, 0.3) is 5.69 Å². The van der Waals surface area contributed by atoms with E-state index in [1.54, 1.807) is 18.3 Å². The highest BCUT2D eigenvalue weighted by molar-refractivity contribution is 5.97. The van der Waals surface area contributed by atoms with Crippen LogP contribution in [0.3, 0.4) is 0 Å². The van der Waals surface area contributed by atoms with Crippen molar-refractivity contribution < 1.29 is 4.92 Å². The molecule has 1 aliphatic rings. The van der Waals surface area contributed by atoms with Gasteiger partial charge in [-0.05, 0) is 37.6 Å². The molecule has 0 aliphatic carbocycles. The van der Waals surface area contributed by atoms with Gasteiger partial charge in [0.15, 0.2) is 0 Å². The smallest absolute Gasteiger partial charge is 0.295 e. The van der Waals surface area contributed by atoms with Crippen LogP contribution in [0.2, 0.25) is 0 Å². The Bertz CT molecular complexity index is 638. The molecule has 1 aliphatic heterocycles. The van der Waals surface area contributed by atoms with Crippen LogP contribution in [-0.4, -0.2) is 29.0 Å². The molecule has 0 radical (unpaired) electrons. The number of benzene rings is 1. The van der Waals surface area contributed by atoms with Crippen molar-refractivity contribution in [3.05, 3.63) is 40.6 Å². The number of hydrogen-bond donors (Lipinski definition) is 2. The van der Waals surface area contributed by atoms with Gasteiger partial charge in [0.1, 0.15) is 5.52 Å². The maximum atomic E-state index is 11.1. The minimum Gasteiger partial charge on any atom is -0.380 e. The van der Waals surface area contributed by atoms with E-state index in [1.165, 1.54) is 6.07 Å². The lowest BCUT2D eigenvalue weighted by Gasteiger charge is -2.25. The maximum Gasteiger partial charge on any atom is 0.295 e. The van der Waals surface area contributed by atoms with Crippen LogP contribution in [0.25, 0.3) is 10.9 Å². The van der Waals surface area contributed by atoms with E-state index < -0.39 is 0 Å². The van der Waals surface area contributed by atoms with Crippen molar-refractivity contribution >= 4 is 22.3 Å². The summed E-state index contributed by atoms with van der Waals surface area (Å²) in [6.07, 6.45) is 3.83. The Labute approximate surface area is 116 Å². The first-order valence-corrected chi connectivity index (χ1v) is 6.75. The Hall–Kier alpha value is -2.21. The van der Waals surface area contributed by atoms with Gasteiger partial charge in [0.2, 0.25) is 0 Å². The number of pyridine rings is 1. The number of anilines is 1. The highest BCUT2D eigenvalue weighted by atomic mass is 16.6. The number of fused-ring (bicyclic) bond motifs is 1. The third kappa shape index (κ3) is 2.42. The van der Waals surface area contributed by atoms with Gasteiger partial charge in [-0.2, -0.15) is 0 Å². The number of nitrogens with zero attached hydrogens (tertiary/aromatic N) is 2. The molecule has 1 unspecified atom stereocenters. The van der Waals surface area contributed by atoms with E-state index in [4.69, 9.17) is 0 Å². The van der Waals surface area contributed by atoms with Gasteiger partial charge in [-0.15, -0.1) is 0 Å². The van der Waals surface area contributed by atoms with Crippen LogP contribution in [0.15, 0.2) is 30.5 Å². The number of nitro benzene ring substituents is 1. The third-order valence-electron chi connectivity index (χ3n) is 3.60. The summed E-state index contributed by atoms with van der Waals surface area (Å²) in [5.41, 5.74) is 1.39. The normalized spacial score (nSPS) is 18.9. The molecule has 20 heavy (non-hydrogen) atoms. The van der Waals surface area contributed by atoms with E-state index in [-0.39, 0.29) is 10.6 Å². The summed E-state index contributed by atoms with van der Waals surface area (Å²) in [6.45, 7) is 1.97. The fraction of sp³-hybridized carbons (Fsp3) is 0.357. The molecule has 1 fully saturated rings. The van der Waals surface area contributed by atoms with Crippen molar-refractivity contribution in [3.63, 3.8) is 0 Å². The average Bonchev–Trinajstić information content (AvgIpc) is 2.48. The Kier molecular flexibility index (Phi) is 3.47. The minimum absolute atomic E-state index is 0.0490. The fourth-order valence-electron chi connectivity index (χ4n) is 2.63. The summed E-state index contributed by atoms with van der Waals surface area (Å²) in [5, 5.41) is 18.7. The molecule has 1 aromatic heterocycles. The van der Waals surface area contributed by atoms with Gasteiger partial charge >= 0.3 is 0 Å². The van der Waals surface area contributed by atoms with Gasteiger partial charge in [0, 0.05) is 35.9 Å². The molecule has 1 atom stereocenters. The second-order valence-corrected chi connectivity index (χ2v) is 4.98. The first-order valence-electron chi connectivity index (χ1n) is 6.75. The lowest BCUT2D eigenvalue weighted by molar-refractivity contribution is -0.383. The van der Waals surface area contributed by atoms with Crippen molar-refractivity contribution in [3.8, 4) is 0 Å². The highest BCUT2D eigenvalue weighted by Gasteiger charge is 2.18. The molecule has 0 amide bonds. The number of nitro groups is 1. The predicted molar refractivity (Wildman–Crippen MR) is 77.9 cm³/mol. The van der Waals surface area contributed by atoms with Crippen molar-refractivity contribution in [1.82, 2.24) is 10.3 Å². The molecule has 0 bridgehead atoms. The average molecular weight is 272 g/mol. The number of hydrogen-bond acceptors (Lipinski definition) is 5. The lowest BCUT2D eigenvalue weighted by atomic mass is 10.1. The SMILES string of the molecule is O=[N+]([O-])c1ccc(NC2CCCNC2)c2cccnc12. The summed E-state index contributed by atoms with van der Waals surface area (Å²) < 4.78 is 0. The summed E-state index contributed by atoms with van der Waals surface area (Å²) in [4.78, 5) is 14.8. The topological polar surface area (TPSA) is 80.1 Å². The van der Waals surface area contributed by atoms with Crippen LogP contribution in [-0.2, 0) is 0 Å². The summed E-state index contributed by atoms with van der Waals surface area (Å²) in [7, 11) is 0. The second kappa shape index (κ2) is 5.42. The molecule has 1 saturated heterocycles. The Morgan fingerprint density at radius 3 is 3.05 bits per heavy atom. The summed E-state index contributed by atoms with van der Waals surface area (Å²) >= 11 is 0. The molecular weight excluding hydrogens is 256 g/mol. The van der Waals surface area contributed by atoms with Crippen LogP contribution < -0.4 is 10.6 Å². The van der Waals surface area contributed by atoms with E-state index in [2.05, 4.69) is 15.6 Å². The zero-order valence-electron chi connectivity index (χ0n) is 11.0. The van der Waals surface area contributed by atoms with Gasteiger partial charge in [-0.1, -0.05) is 0 Å². The van der Waals surface area contributed by atoms with Gasteiger partial charge < -0.3 is 10.6 Å². The zero-order chi connectivity index (χ0) is 13.9. The number of rotatable bonds is 3. The molecule has 2 heterocycles. The molecule has 1 aromatic carbocycles. The second-order valence-electron chi connectivity index (χ2n) is 4.98. The number of piperidine rings is 1. The van der Waals surface area contributed by atoms with Crippen LogP contribution in [0.1, 0.15) is 12.8 Å². The van der Waals surface area contributed by atoms with Crippen LogP contribution in [0.5, 0.6) is 0 Å². The zero-order valence-corrected chi connectivity index (χ0v) is 11.0. The molecule has 2 aromatic rings. The van der Waals surface area contributed by atoms with Crippen LogP contribution in [0.4, 0.5) is 11.4 Å². The molecular formula is C14H16N4O2. The van der Waals surface area contributed by atoms with Crippen molar-refractivity contribution in [2.24, 2.45) is 0 Å². The Morgan fingerprint density at radius 1 is 1.40 bits per heavy atom. The molecule has 6 nitrogen and oxygen atoms in total. The van der Waals surface area contributed by atoms with E-state index >= 15 is 0 Å². The van der Waals surface area contributed by atoms with Crippen molar-refractivity contribution in [1.29, 1.82) is 0 Å². The fourth-order valence-corrected chi connectivity index (χ4v) is 2.63. The van der Waals surface area contributed by atoms with E-state index in [9.17, 15) is 10.1 Å². The van der Waals surface area contributed by atoms with E-state index in [1.807, 2.05) is 6.07 Å². The molecule has 2 N–H and O–H groups in total. The monoisotopic (exact) mass is 272 g/mol. The molecule has 0 saturated carbocycles. The number of aromatic nitrogens is 1. The van der Waals surface area contributed by atoms with Gasteiger partial charge in [-0.25, -0.2) is 4.98 Å². The van der Waals surface area contributed by atoms with Crippen molar-refractivity contribution in [2.45, 2.75) is 18.9 Å². The highest BCUT2D eigenvalue weighted by Crippen LogP contribution is 2.30. The van der Waals surface area contributed by atoms with Crippen LogP contribution in [0, 0.1) is 10.1 Å². The third-order valence-corrected chi connectivity index (χ3v) is 3.60. The van der Waals surface area contributed by atoms with Crippen LogP contribution >= 0.6 is 0 Å². The minimum atomic E-state index is -0.388. The molecule has 104 valence electrons. The largest absolute Gasteiger partial charge is 0.380 e. The van der Waals surface area contributed by atoms with E-state index in [0.29, 0.717) is 11.6 Å². The standard InChI is InChI=1S/C14H16N4O2/c19-18(20)13-6-5-12(11-4-2-8-16-14(11)13)17-10-3-1-7-15-9-10/h2,4-6,8,10,15,17H,1,3,7,9H2. The number of non-ortho nitro benzene ring substituents is 1. The molecule has 6 heteroatoms. The lowest BCUT2D eigenvalue weighted by Crippen LogP contribution is -2.38. The first-order chi connectivity index (χ1) is 9.75. The summed E-state index contributed by atoms with van der Waals surface area (Å²) in [5.74, 6) is 0. The molecule has 0 spiro atoms. The van der Waals surface area contributed by atoms with Gasteiger partial charge in [-0.3, -0.25) is 10.1 Å². The predicted octanol–water partition coefficient (Wildman–Crippen LogP) is 2.31. The molecule has 3 rings (SSSR count). The number of nitrogens with one attached hydrogen (secondary N) is 2. The maximum absolute atomic E-state index is 11.1. The quantitative estimate of drug-likeness (QED) is 0.662. The van der Waals surface area contributed by atoms with E-state index in [0.717, 1.165) is 37.0 Å².